The lowest BCUT2D eigenvalue weighted by molar-refractivity contribution is 0.574. The fourth-order valence-corrected chi connectivity index (χ4v) is 5.10. The topological polar surface area (TPSA) is 50.4 Å². The van der Waals surface area contributed by atoms with Gasteiger partial charge in [-0.1, -0.05) is 37.6 Å². The highest BCUT2D eigenvalue weighted by molar-refractivity contribution is 8.05. The summed E-state index contributed by atoms with van der Waals surface area (Å²) in [4.78, 5) is 5.57. The third-order valence-corrected chi connectivity index (χ3v) is 6.95. The normalized spacial score (nSPS) is 19.5. The summed E-state index contributed by atoms with van der Waals surface area (Å²) in [6, 6.07) is 14.6. The maximum absolute atomic E-state index is 5.43. The average Bonchev–Trinajstić information content (AvgIpc) is 3.19. The number of aromatic nitrogens is 1. The quantitative estimate of drug-likeness (QED) is 0.346. The second kappa shape index (κ2) is 8.92. The molecule has 1 aliphatic heterocycles. The van der Waals surface area contributed by atoms with Gasteiger partial charge in [-0.25, -0.2) is 4.98 Å². The summed E-state index contributed by atoms with van der Waals surface area (Å²) in [6.07, 6.45) is 6.57. The van der Waals surface area contributed by atoms with Gasteiger partial charge in [-0.3, -0.25) is 5.43 Å². The average molecular weight is 420 g/mol. The minimum atomic E-state index is 0. The summed E-state index contributed by atoms with van der Waals surface area (Å²) in [5.41, 5.74) is 10.2. The maximum Gasteiger partial charge on any atom is 0.225 e. The van der Waals surface area contributed by atoms with Crippen molar-refractivity contribution in [3.05, 3.63) is 71.0 Å². The van der Waals surface area contributed by atoms with E-state index in [4.69, 9.17) is 4.42 Å². The first kappa shape index (κ1) is 20.5. The molecule has 5 heteroatoms. The molecule has 2 unspecified atom stereocenters. The molecule has 2 heterocycles. The van der Waals surface area contributed by atoms with Crippen LogP contribution in [0.15, 0.2) is 74.9 Å². The Kier molecular flexibility index (Phi) is 6.09. The molecule has 1 N–H and O–H groups in total. The zero-order chi connectivity index (χ0) is 21.1. The molecular formula is C25H29N3OS. The molecular weight excluding hydrogens is 390 g/mol. The van der Waals surface area contributed by atoms with Crippen LogP contribution in [0.1, 0.15) is 34.2 Å². The van der Waals surface area contributed by atoms with E-state index >= 15 is 0 Å². The van der Waals surface area contributed by atoms with Crippen LogP contribution in [-0.4, -0.2) is 16.4 Å². The molecule has 1 saturated carbocycles. The molecule has 0 saturated heterocycles. The number of benzene rings is 2. The number of hydrogen-bond acceptors (Lipinski definition) is 5. The fourth-order valence-electron chi connectivity index (χ4n) is 3.65. The van der Waals surface area contributed by atoms with Gasteiger partial charge >= 0.3 is 0 Å². The van der Waals surface area contributed by atoms with Gasteiger partial charge in [0, 0.05) is 17.1 Å². The van der Waals surface area contributed by atoms with Crippen LogP contribution in [0.2, 0.25) is 0 Å². The summed E-state index contributed by atoms with van der Waals surface area (Å²) < 4.78 is 5.43. The number of fused-ring (bicyclic) bond motifs is 1. The van der Waals surface area contributed by atoms with Crippen LogP contribution >= 0.6 is 11.8 Å². The van der Waals surface area contributed by atoms with Crippen molar-refractivity contribution >= 4 is 23.7 Å². The number of anilines is 1. The Bertz CT molecular complexity index is 1070. The largest absolute Gasteiger partial charge is 0.445 e. The third-order valence-electron chi connectivity index (χ3n) is 5.44. The van der Waals surface area contributed by atoms with Gasteiger partial charge in [0.05, 0.1) is 18.1 Å². The van der Waals surface area contributed by atoms with Gasteiger partial charge in [0.2, 0.25) is 5.89 Å². The lowest BCUT2D eigenvalue weighted by atomic mass is 9.98. The molecule has 0 bridgehead atoms. The third kappa shape index (κ3) is 4.21. The van der Waals surface area contributed by atoms with E-state index in [2.05, 4.69) is 65.8 Å². The van der Waals surface area contributed by atoms with E-state index in [1.165, 1.54) is 28.0 Å². The van der Waals surface area contributed by atoms with E-state index in [9.17, 15) is 0 Å². The fraction of sp³-hybridized carbons (Fsp3) is 0.280. The van der Waals surface area contributed by atoms with Crippen molar-refractivity contribution in [3.8, 4) is 22.6 Å². The number of allylic oxidation sites excluding steroid dienone is 2. The van der Waals surface area contributed by atoms with E-state index in [-0.39, 0.29) is 1.43 Å². The molecule has 2 aromatic carbocycles. The second-order valence-electron chi connectivity index (χ2n) is 7.36. The number of nitrogens with zero attached hydrogens (tertiary/aromatic N) is 2. The van der Waals surface area contributed by atoms with Crippen LogP contribution in [-0.2, 0) is 0 Å². The van der Waals surface area contributed by atoms with Crippen molar-refractivity contribution in [2.24, 2.45) is 11.0 Å². The molecule has 3 aromatic rings. The predicted molar refractivity (Wildman–Crippen MR) is 130 cm³/mol. The molecule has 1 aliphatic carbocycles. The van der Waals surface area contributed by atoms with Crippen LogP contribution < -0.4 is 5.43 Å². The lowest BCUT2D eigenvalue weighted by Gasteiger charge is -2.09. The standard InChI is InChI=1S/C23H21N3OS.C2H6.H2/c1-14-3-4-17(23-24-9-10-27-23)11-19(14)16-5-7-18(8-6-16)26-25-13-22-15(2)20-12-21(20)28-22;1-2;/h3-11,13,20-21,26H,12H2,1-2H3;1-2H3;1H/b25-13+;;. The summed E-state index contributed by atoms with van der Waals surface area (Å²) in [5.74, 6) is 1.45. The molecule has 30 heavy (non-hydrogen) atoms. The number of hydrazone groups is 1. The summed E-state index contributed by atoms with van der Waals surface area (Å²) >= 11 is 1.96. The molecule has 156 valence electrons. The number of rotatable bonds is 5. The Balaban J connectivity index is 0.000000883. The zero-order valence-corrected chi connectivity index (χ0v) is 18.7. The first-order valence-electron chi connectivity index (χ1n) is 10.5. The number of hydrogen-bond donors (Lipinski definition) is 1. The summed E-state index contributed by atoms with van der Waals surface area (Å²) in [7, 11) is 0. The van der Waals surface area contributed by atoms with E-state index in [1.54, 1.807) is 12.5 Å². The molecule has 4 nitrogen and oxygen atoms in total. The van der Waals surface area contributed by atoms with Crippen LogP contribution in [0.3, 0.4) is 0 Å². The summed E-state index contributed by atoms with van der Waals surface area (Å²) in [5, 5.41) is 5.24. The molecule has 0 radical (unpaired) electrons. The molecule has 1 fully saturated rings. The van der Waals surface area contributed by atoms with Crippen molar-refractivity contribution in [1.29, 1.82) is 0 Å². The number of thioether (sulfide) groups is 1. The Morgan fingerprint density at radius 2 is 1.90 bits per heavy atom. The van der Waals surface area contributed by atoms with Crippen LogP contribution in [0.5, 0.6) is 0 Å². The zero-order valence-electron chi connectivity index (χ0n) is 17.8. The van der Waals surface area contributed by atoms with Gasteiger partial charge in [0.1, 0.15) is 6.26 Å². The van der Waals surface area contributed by atoms with Crippen molar-refractivity contribution in [1.82, 2.24) is 4.98 Å². The number of oxazole rings is 1. The Morgan fingerprint density at radius 1 is 1.13 bits per heavy atom. The molecule has 5 rings (SSSR count). The summed E-state index contributed by atoms with van der Waals surface area (Å²) in [6.45, 7) is 8.35. The van der Waals surface area contributed by atoms with Gasteiger partial charge in [-0.2, -0.15) is 5.10 Å². The highest BCUT2D eigenvalue weighted by atomic mass is 32.2. The minimum Gasteiger partial charge on any atom is -0.445 e. The SMILES string of the molecule is CC.CC1=C(/C=N/Nc2ccc(-c3cc(-c4ncco4)ccc3C)cc2)SC2CC12.[HH]. The highest BCUT2D eigenvalue weighted by Gasteiger charge is 2.45. The monoisotopic (exact) mass is 419 g/mol. The lowest BCUT2D eigenvalue weighted by Crippen LogP contribution is -1.92. The first-order valence-corrected chi connectivity index (χ1v) is 11.3. The van der Waals surface area contributed by atoms with E-state index in [0.29, 0.717) is 5.89 Å². The maximum atomic E-state index is 5.43. The smallest absolute Gasteiger partial charge is 0.225 e. The van der Waals surface area contributed by atoms with Gasteiger partial charge in [0.15, 0.2) is 0 Å². The Labute approximate surface area is 184 Å². The van der Waals surface area contributed by atoms with Gasteiger partial charge in [-0.05, 0) is 67.1 Å². The molecule has 2 aliphatic rings. The van der Waals surface area contributed by atoms with E-state index in [1.807, 2.05) is 37.9 Å². The van der Waals surface area contributed by atoms with E-state index < -0.39 is 0 Å². The first-order chi connectivity index (χ1) is 14.7. The minimum absolute atomic E-state index is 0. The Hall–Kier alpha value is -2.79. The second-order valence-corrected chi connectivity index (χ2v) is 8.64. The molecule has 0 spiro atoms. The number of aryl methyl sites for hydroxylation is 1. The molecule has 1 aromatic heterocycles. The van der Waals surface area contributed by atoms with E-state index in [0.717, 1.165) is 28.0 Å². The van der Waals surface area contributed by atoms with Gasteiger partial charge < -0.3 is 4.42 Å². The van der Waals surface area contributed by atoms with Crippen molar-refractivity contribution in [2.75, 3.05) is 5.43 Å². The van der Waals surface area contributed by atoms with Crippen molar-refractivity contribution in [2.45, 2.75) is 39.4 Å². The van der Waals surface area contributed by atoms with Gasteiger partial charge in [-0.15, -0.1) is 11.8 Å². The highest BCUT2D eigenvalue weighted by Crippen LogP contribution is 2.56. The Morgan fingerprint density at radius 3 is 2.57 bits per heavy atom. The molecule has 0 amide bonds. The van der Waals surface area contributed by atoms with Gasteiger partial charge in [0.25, 0.3) is 0 Å². The van der Waals surface area contributed by atoms with Crippen LogP contribution in [0.25, 0.3) is 22.6 Å². The van der Waals surface area contributed by atoms with Crippen LogP contribution in [0.4, 0.5) is 5.69 Å². The van der Waals surface area contributed by atoms with Crippen molar-refractivity contribution < 1.29 is 5.84 Å². The van der Waals surface area contributed by atoms with Crippen molar-refractivity contribution in [3.63, 3.8) is 0 Å². The molecule has 2 atom stereocenters. The van der Waals surface area contributed by atoms with Crippen LogP contribution in [0, 0.1) is 12.8 Å². The number of nitrogens with one attached hydrogen (secondary N) is 1. The predicted octanol–water partition coefficient (Wildman–Crippen LogP) is 7.40.